The van der Waals surface area contributed by atoms with Gasteiger partial charge in [-0.15, -0.1) is 0 Å². The molecule has 4 unspecified atom stereocenters. The standard InChI is InChI=1S/C54H60F4N2P4/c1-4-7-33-59(61-35-19-28-45(61)6-3)63(51-30-16-15-29-49(51)57)52-32-31-42(36-50(52)58)48-39-53(40-20-11-9-12-21-40)64(54(48)41-22-13-10-14-23-41)60(34-8-5-2)62(46-26-17-24-43(55)37-46)47-27-18-25-44(56)38-47/h9-18,20-27,29-32,36-38,45,48,53-54H,4-8,19,28,33-35,39H2,1-3H3/t45-,48?,53+,54-,61?,63?,64?/m1/s1. The number of nitrogens with zero attached hydrogens (tertiary/aromatic N) is 2. The van der Waals surface area contributed by atoms with Crippen LogP contribution in [0.2, 0.25) is 0 Å². The summed E-state index contributed by atoms with van der Waals surface area (Å²) in [6.07, 6.45) is 9.18. The zero-order valence-electron chi connectivity index (χ0n) is 37.2. The molecule has 0 amide bonds. The molecule has 0 bridgehead atoms. The minimum absolute atomic E-state index is 0.0305. The van der Waals surface area contributed by atoms with Crippen LogP contribution in [-0.2, 0) is 0 Å². The number of rotatable bonds is 18. The first-order valence-electron chi connectivity index (χ1n) is 23.2. The fourth-order valence-electron chi connectivity index (χ4n) is 9.84. The van der Waals surface area contributed by atoms with Crippen LogP contribution in [0.4, 0.5) is 17.6 Å². The largest absolute Gasteiger partial charge is 0.252 e. The van der Waals surface area contributed by atoms with Crippen molar-refractivity contribution in [1.82, 2.24) is 8.88 Å². The van der Waals surface area contributed by atoms with Crippen molar-refractivity contribution in [3.8, 4) is 0 Å². The lowest BCUT2D eigenvalue weighted by atomic mass is 9.87. The summed E-state index contributed by atoms with van der Waals surface area (Å²) < 4.78 is 69.8. The molecule has 2 aliphatic heterocycles. The maximum atomic E-state index is 17.7. The van der Waals surface area contributed by atoms with Gasteiger partial charge in [0, 0.05) is 51.2 Å². The smallest absolute Gasteiger partial charge is 0.132 e. The van der Waals surface area contributed by atoms with E-state index in [-0.39, 0.29) is 40.5 Å². The summed E-state index contributed by atoms with van der Waals surface area (Å²) in [6, 6.07) is 48.2. The Morgan fingerprint density at radius 2 is 1.16 bits per heavy atom. The minimum Gasteiger partial charge on any atom is -0.252 e. The molecule has 0 radical (unpaired) electrons. The van der Waals surface area contributed by atoms with Crippen LogP contribution in [0.1, 0.15) is 106 Å². The zero-order valence-corrected chi connectivity index (χ0v) is 40.8. The van der Waals surface area contributed by atoms with E-state index in [1.807, 2.05) is 36.4 Å². The molecule has 2 saturated heterocycles. The van der Waals surface area contributed by atoms with Crippen molar-refractivity contribution in [2.75, 3.05) is 19.3 Å². The Balaban J connectivity index is 1.30. The number of halogens is 4. The van der Waals surface area contributed by atoms with E-state index in [1.54, 1.807) is 36.4 Å². The van der Waals surface area contributed by atoms with Gasteiger partial charge in [0.15, 0.2) is 0 Å². The van der Waals surface area contributed by atoms with Crippen LogP contribution < -0.4 is 21.2 Å². The third-order valence-corrected chi connectivity index (χ3v) is 25.9. The summed E-state index contributed by atoms with van der Waals surface area (Å²) in [5, 5.41) is 2.90. The topological polar surface area (TPSA) is 6.48 Å². The van der Waals surface area contributed by atoms with Crippen LogP contribution >= 0.6 is 32.3 Å². The molecule has 2 heterocycles. The lowest BCUT2D eigenvalue weighted by Gasteiger charge is -2.43. The minimum atomic E-state index is -1.48. The predicted octanol–water partition coefficient (Wildman–Crippen LogP) is 15.2. The summed E-state index contributed by atoms with van der Waals surface area (Å²) in [5.41, 5.74) is 3.96. The number of benzene rings is 6. The Morgan fingerprint density at radius 3 is 1.75 bits per heavy atom. The van der Waals surface area contributed by atoms with Crippen LogP contribution in [-0.4, -0.2) is 33.8 Å². The molecule has 334 valence electrons. The van der Waals surface area contributed by atoms with E-state index >= 15 is 17.6 Å². The Morgan fingerprint density at radius 1 is 0.562 bits per heavy atom. The van der Waals surface area contributed by atoms with Gasteiger partial charge in [0.1, 0.15) is 23.3 Å². The van der Waals surface area contributed by atoms with Crippen LogP contribution in [0.15, 0.2) is 152 Å². The lowest BCUT2D eigenvalue weighted by Crippen LogP contribution is -2.31. The fraction of sp³-hybridized carbons (Fsp3) is 0.333. The molecule has 2 nitrogen and oxygen atoms in total. The predicted molar refractivity (Wildman–Crippen MR) is 269 cm³/mol. The SMILES string of the molecule is CCCCN(P(c1ccccc1F)c1ccc(C2C[C@@H](c3ccccc3)P(N(CCCC)P(c3cccc(F)c3)c3cccc(F)c3)[C@@H]2c2ccccc2)cc1F)P1CCC[C@H]1CC. The summed E-state index contributed by atoms with van der Waals surface area (Å²) >= 11 is 0. The highest BCUT2D eigenvalue weighted by atomic mass is 31.2. The van der Waals surface area contributed by atoms with E-state index < -0.39 is 32.3 Å². The Bertz CT molecular complexity index is 2380. The van der Waals surface area contributed by atoms with Gasteiger partial charge in [-0.25, -0.2) is 17.6 Å². The molecule has 0 aromatic heterocycles. The second kappa shape index (κ2) is 22.4. The van der Waals surface area contributed by atoms with Crippen molar-refractivity contribution in [1.29, 1.82) is 0 Å². The molecule has 6 aromatic rings. The van der Waals surface area contributed by atoms with Crippen LogP contribution in [0.25, 0.3) is 0 Å². The third kappa shape index (κ3) is 10.5. The Labute approximate surface area is 384 Å². The van der Waals surface area contributed by atoms with Crippen LogP contribution in [0.5, 0.6) is 0 Å². The fourth-order valence-corrected chi connectivity index (χ4v) is 24.6. The first kappa shape index (κ1) is 47.2. The molecule has 2 fully saturated rings. The maximum Gasteiger partial charge on any atom is 0.132 e. The number of hydrogen-bond donors (Lipinski definition) is 0. The van der Waals surface area contributed by atoms with Gasteiger partial charge in [-0.1, -0.05) is 137 Å². The van der Waals surface area contributed by atoms with Gasteiger partial charge in [0.25, 0.3) is 0 Å². The molecule has 7 atom stereocenters. The quantitative estimate of drug-likeness (QED) is 0.0626. The molecule has 0 N–H and O–H groups in total. The average molecular weight is 937 g/mol. The van der Waals surface area contributed by atoms with Gasteiger partial charge in [0.05, 0.1) is 0 Å². The summed E-state index contributed by atoms with van der Waals surface area (Å²) in [4.78, 5) is 0. The van der Waals surface area contributed by atoms with Gasteiger partial charge in [-0.3, -0.25) is 8.88 Å². The van der Waals surface area contributed by atoms with Gasteiger partial charge in [-0.2, -0.15) is 0 Å². The van der Waals surface area contributed by atoms with E-state index in [0.717, 1.165) is 73.9 Å². The van der Waals surface area contributed by atoms with E-state index in [2.05, 4.69) is 90.3 Å². The molecular weight excluding hydrogens is 876 g/mol. The summed E-state index contributed by atoms with van der Waals surface area (Å²) in [6.45, 7) is 8.24. The number of hydrogen-bond acceptors (Lipinski definition) is 2. The molecule has 0 aliphatic carbocycles. The summed E-state index contributed by atoms with van der Waals surface area (Å²) in [7, 11) is -4.56. The molecule has 64 heavy (non-hydrogen) atoms. The first-order valence-corrected chi connectivity index (χ1v) is 28.7. The highest BCUT2D eigenvalue weighted by Gasteiger charge is 2.50. The Kier molecular flexibility index (Phi) is 16.5. The zero-order chi connectivity index (χ0) is 44.6. The lowest BCUT2D eigenvalue weighted by molar-refractivity contribution is 0.606. The van der Waals surface area contributed by atoms with Gasteiger partial charge in [0.2, 0.25) is 0 Å². The second-order valence-corrected chi connectivity index (χ2v) is 26.8. The average Bonchev–Trinajstić information content (AvgIpc) is 3.96. The van der Waals surface area contributed by atoms with E-state index in [4.69, 9.17) is 0 Å². The van der Waals surface area contributed by atoms with Crippen molar-refractivity contribution < 1.29 is 17.6 Å². The van der Waals surface area contributed by atoms with Crippen LogP contribution in [0.3, 0.4) is 0 Å². The molecule has 8 rings (SSSR count). The van der Waals surface area contributed by atoms with Gasteiger partial charge < -0.3 is 0 Å². The molecule has 6 aromatic carbocycles. The van der Waals surface area contributed by atoms with E-state index in [9.17, 15) is 0 Å². The summed E-state index contributed by atoms with van der Waals surface area (Å²) in [5.74, 6) is -1.22. The normalized spacial score (nSPS) is 21.6. The van der Waals surface area contributed by atoms with Crippen molar-refractivity contribution >= 4 is 53.5 Å². The van der Waals surface area contributed by atoms with Crippen molar-refractivity contribution in [2.24, 2.45) is 0 Å². The molecule has 2 aliphatic rings. The maximum absolute atomic E-state index is 17.7. The van der Waals surface area contributed by atoms with E-state index in [0.29, 0.717) is 16.3 Å². The monoisotopic (exact) mass is 936 g/mol. The molecule has 0 saturated carbocycles. The molecular formula is C54H60F4N2P4. The highest BCUT2D eigenvalue weighted by molar-refractivity contribution is 7.80. The van der Waals surface area contributed by atoms with Gasteiger partial charge >= 0.3 is 0 Å². The Hall–Kier alpha value is -3.32. The van der Waals surface area contributed by atoms with Crippen molar-refractivity contribution in [3.63, 3.8) is 0 Å². The second-order valence-electron chi connectivity index (χ2n) is 17.0. The number of unbranched alkanes of at least 4 members (excludes halogenated alkanes) is 2. The highest BCUT2D eigenvalue weighted by Crippen LogP contribution is 2.79. The molecule has 10 heteroatoms. The van der Waals surface area contributed by atoms with Crippen molar-refractivity contribution in [3.05, 3.63) is 192 Å². The first-order chi connectivity index (χ1) is 31.3. The third-order valence-electron chi connectivity index (χ3n) is 12.9. The van der Waals surface area contributed by atoms with Crippen molar-refractivity contribution in [2.45, 2.75) is 95.0 Å². The van der Waals surface area contributed by atoms with Crippen LogP contribution in [0, 0.1) is 23.3 Å². The van der Waals surface area contributed by atoms with E-state index in [1.165, 1.54) is 42.2 Å². The molecule has 0 spiro atoms. The van der Waals surface area contributed by atoms with Gasteiger partial charge in [-0.05, 0) is 148 Å².